The van der Waals surface area contributed by atoms with E-state index in [0.29, 0.717) is 28.2 Å². The van der Waals surface area contributed by atoms with Crippen molar-refractivity contribution < 1.29 is 23.9 Å². The molecule has 144 valence electrons. The van der Waals surface area contributed by atoms with Crippen molar-refractivity contribution in [2.75, 3.05) is 26.1 Å². The van der Waals surface area contributed by atoms with Gasteiger partial charge < -0.3 is 25.1 Å². The fourth-order valence-corrected chi connectivity index (χ4v) is 2.74. The maximum Gasteiger partial charge on any atom is 0.339 e. The topological polar surface area (TPSA) is 110 Å². The number of benzene rings is 1. The van der Waals surface area contributed by atoms with E-state index in [1.165, 1.54) is 14.2 Å². The van der Waals surface area contributed by atoms with Gasteiger partial charge in [0.15, 0.2) is 0 Å². The van der Waals surface area contributed by atoms with Gasteiger partial charge in [0.2, 0.25) is 5.91 Å². The van der Waals surface area contributed by atoms with Gasteiger partial charge in [0, 0.05) is 25.0 Å². The van der Waals surface area contributed by atoms with Crippen molar-refractivity contribution in [1.82, 2.24) is 10.3 Å². The molecular weight excluding hydrogens is 350 g/mol. The molecule has 0 unspecified atom stereocenters. The highest BCUT2D eigenvalue weighted by Gasteiger charge is 2.22. The van der Waals surface area contributed by atoms with Gasteiger partial charge in [0.1, 0.15) is 12.3 Å². The predicted octanol–water partition coefficient (Wildman–Crippen LogP) is 1.93. The lowest BCUT2D eigenvalue weighted by molar-refractivity contribution is -0.119. The van der Waals surface area contributed by atoms with Crippen LogP contribution in [0.5, 0.6) is 0 Å². The second-order valence-electron chi connectivity index (χ2n) is 5.98. The molecule has 1 aromatic heterocycles. The quantitative estimate of drug-likeness (QED) is 0.643. The maximum atomic E-state index is 12.5. The molecule has 0 aliphatic carbocycles. The predicted molar refractivity (Wildman–Crippen MR) is 99.7 cm³/mol. The number of aryl methyl sites for hydroxylation is 1. The van der Waals surface area contributed by atoms with Crippen molar-refractivity contribution in [3.05, 3.63) is 52.3 Å². The van der Waals surface area contributed by atoms with Crippen LogP contribution in [0.2, 0.25) is 0 Å². The monoisotopic (exact) mass is 373 g/mol. The van der Waals surface area contributed by atoms with Crippen molar-refractivity contribution in [2.24, 2.45) is 0 Å². The third-order valence-corrected chi connectivity index (χ3v) is 3.99. The number of esters is 1. The fraction of sp³-hybridized carbons (Fsp3) is 0.316. The lowest BCUT2D eigenvalue weighted by atomic mass is 10.1. The van der Waals surface area contributed by atoms with Crippen molar-refractivity contribution in [3.8, 4) is 0 Å². The molecule has 1 aromatic carbocycles. The number of aromatic amines is 1. The van der Waals surface area contributed by atoms with E-state index in [1.807, 2.05) is 6.07 Å². The molecule has 3 N–H and O–H groups in total. The first-order valence-corrected chi connectivity index (χ1v) is 8.30. The fourth-order valence-electron chi connectivity index (χ4n) is 2.74. The Hall–Kier alpha value is -3.13. The number of anilines is 1. The maximum absolute atomic E-state index is 12.5. The van der Waals surface area contributed by atoms with Crippen LogP contribution in [-0.2, 0) is 20.8 Å². The highest BCUT2D eigenvalue weighted by Crippen LogP contribution is 2.19. The highest BCUT2D eigenvalue weighted by atomic mass is 16.5. The van der Waals surface area contributed by atoms with Gasteiger partial charge in [-0.05, 0) is 37.1 Å². The van der Waals surface area contributed by atoms with Gasteiger partial charge in [0.25, 0.3) is 5.91 Å². The Balaban J connectivity index is 2.06. The molecule has 1 heterocycles. The molecule has 0 aliphatic rings. The molecule has 0 aliphatic heterocycles. The summed E-state index contributed by atoms with van der Waals surface area (Å²) in [5, 5.41) is 5.51. The summed E-state index contributed by atoms with van der Waals surface area (Å²) in [5.74, 6) is -1.08. The summed E-state index contributed by atoms with van der Waals surface area (Å²) in [6.45, 7) is 3.63. The summed E-state index contributed by atoms with van der Waals surface area (Å²) in [4.78, 5) is 38.8. The van der Waals surface area contributed by atoms with E-state index in [2.05, 4.69) is 15.6 Å². The van der Waals surface area contributed by atoms with Crippen molar-refractivity contribution >= 4 is 23.5 Å². The van der Waals surface area contributed by atoms with Gasteiger partial charge in [-0.3, -0.25) is 9.59 Å². The van der Waals surface area contributed by atoms with E-state index < -0.39 is 5.97 Å². The third kappa shape index (κ3) is 4.95. The minimum Gasteiger partial charge on any atom is -0.465 e. The van der Waals surface area contributed by atoms with Gasteiger partial charge in [-0.25, -0.2) is 4.79 Å². The number of carbonyl (C=O) groups is 3. The van der Waals surface area contributed by atoms with Crippen molar-refractivity contribution in [3.63, 3.8) is 0 Å². The molecular formula is C19H23N3O5. The zero-order valence-electron chi connectivity index (χ0n) is 15.8. The SMILES string of the molecule is COCC(=O)Nc1cccc(CNC(=O)c2[nH]c(C)c(C(=O)OC)c2C)c1. The van der Waals surface area contributed by atoms with E-state index in [4.69, 9.17) is 9.47 Å². The molecule has 2 rings (SSSR count). The molecule has 2 amide bonds. The van der Waals surface area contributed by atoms with Crippen LogP contribution in [0, 0.1) is 13.8 Å². The van der Waals surface area contributed by atoms with Crippen LogP contribution >= 0.6 is 0 Å². The van der Waals surface area contributed by atoms with E-state index in [0.717, 1.165) is 5.56 Å². The Labute approximate surface area is 157 Å². The number of methoxy groups -OCH3 is 2. The first-order valence-electron chi connectivity index (χ1n) is 8.30. The molecule has 0 radical (unpaired) electrons. The van der Waals surface area contributed by atoms with Gasteiger partial charge in [-0.1, -0.05) is 12.1 Å². The smallest absolute Gasteiger partial charge is 0.339 e. The normalized spacial score (nSPS) is 10.4. The Bertz CT molecular complexity index is 857. The summed E-state index contributed by atoms with van der Waals surface area (Å²) >= 11 is 0. The van der Waals surface area contributed by atoms with Crippen LogP contribution in [0.1, 0.15) is 37.7 Å². The Kier molecular flexibility index (Phi) is 6.73. The zero-order valence-corrected chi connectivity index (χ0v) is 15.8. The summed E-state index contributed by atoms with van der Waals surface area (Å²) in [6, 6.07) is 7.13. The average molecular weight is 373 g/mol. The van der Waals surface area contributed by atoms with Crippen LogP contribution < -0.4 is 10.6 Å². The average Bonchev–Trinajstić information content (AvgIpc) is 2.94. The second kappa shape index (κ2) is 9.00. The van der Waals surface area contributed by atoms with Gasteiger partial charge >= 0.3 is 5.97 Å². The first kappa shape index (κ1) is 20.2. The largest absolute Gasteiger partial charge is 0.465 e. The van der Waals surface area contributed by atoms with Gasteiger partial charge in [-0.15, -0.1) is 0 Å². The number of rotatable bonds is 7. The first-order chi connectivity index (χ1) is 12.9. The molecule has 0 saturated heterocycles. The number of aromatic nitrogens is 1. The molecule has 8 nitrogen and oxygen atoms in total. The number of amides is 2. The number of hydrogen-bond acceptors (Lipinski definition) is 5. The molecule has 0 atom stereocenters. The van der Waals surface area contributed by atoms with E-state index in [9.17, 15) is 14.4 Å². The standard InChI is InChI=1S/C19H23N3O5/c1-11-16(19(25)27-4)12(2)21-17(11)18(24)20-9-13-6-5-7-14(8-13)22-15(23)10-26-3/h5-8,21H,9-10H2,1-4H3,(H,20,24)(H,22,23). The van der Waals surface area contributed by atoms with E-state index >= 15 is 0 Å². The molecule has 0 saturated carbocycles. The number of H-pyrrole nitrogens is 1. The van der Waals surface area contributed by atoms with Crippen LogP contribution in [-0.4, -0.2) is 43.6 Å². The minimum atomic E-state index is -0.486. The van der Waals surface area contributed by atoms with Crippen molar-refractivity contribution in [1.29, 1.82) is 0 Å². The molecule has 27 heavy (non-hydrogen) atoms. The highest BCUT2D eigenvalue weighted by molar-refractivity contribution is 6.00. The summed E-state index contributed by atoms with van der Waals surface area (Å²) in [6.07, 6.45) is 0. The molecule has 2 aromatic rings. The summed E-state index contributed by atoms with van der Waals surface area (Å²) in [5.41, 5.74) is 3.23. The molecule has 0 fully saturated rings. The molecule has 0 spiro atoms. The summed E-state index contributed by atoms with van der Waals surface area (Å²) in [7, 11) is 2.74. The lowest BCUT2D eigenvalue weighted by Crippen LogP contribution is -2.24. The second-order valence-corrected chi connectivity index (χ2v) is 5.98. The van der Waals surface area contributed by atoms with Crippen LogP contribution in [0.4, 0.5) is 5.69 Å². The van der Waals surface area contributed by atoms with Crippen LogP contribution in [0.3, 0.4) is 0 Å². The van der Waals surface area contributed by atoms with Crippen LogP contribution in [0.25, 0.3) is 0 Å². The van der Waals surface area contributed by atoms with Gasteiger partial charge in [-0.2, -0.15) is 0 Å². The number of nitrogens with one attached hydrogen (secondary N) is 3. The van der Waals surface area contributed by atoms with E-state index in [1.54, 1.807) is 32.0 Å². The lowest BCUT2D eigenvalue weighted by Gasteiger charge is -2.08. The Morgan fingerprint density at radius 3 is 2.56 bits per heavy atom. The third-order valence-electron chi connectivity index (χ3n) is 3.99. The minimum absolute atomic E-state index is 0.0328. The van der Waals surface area contributed by atoms with E-state index in [-0.39, 0.29) is 25.0 Å². The zero-order chi connectivity index (χ0) is 20.0. The molecule has 0 bridgehead atoms. The van der Waals surface area contributed by atoms with Crippen LogP contribution in [0.15, 0.2) is 24.3 Å². The van der Waals surface area contributed by atoms with Crippen molar-refractivity contribution in [2.45, 2.75) is 20.4 Å². The Morgan fingerprint density at radius 1 is 1.15 bits per heavy atom. The Morgan fingerprint density at radius 2 is 1.89 bits per heavy atom. The number of carbonyl (C=O) groups excluding carboxylic acids is 3. The molecule has 8 heteroatoms. The van der Waals surface area contributed by atoms with Gasteiger partial charge in [0.05, 0.1) is 12.7 Å². The number of hydrogen-bond donors (Lipinski definition) is 3. The summed E-state index contributed by atoms with van der Waals surface area (Å²) < 4.78 is 9.52. The number of ether oxygens (including phenoxy) is 2.